The van der Waals surface area contributed by atoms with Crippen LogP contribution in [0, 0.1) is 13.0 Å². The Balaban J connectivity index is -0.000000388. The summed E-state index contributed by atoms with van der Waals surface area (Å²) in [7, 11) is 0. The van der Waals surface area contributed by atoms with Gasteiger partial charge in [0.1, 0.15) is 5.75 Å². The maximum atomic E-state index is 12.0. The number of esters is 1. The van der Waals surface area contributed by atoms with Crippen LogP contribution in [0.1, 0.15) is 70.0 Å². The maximum absolute atomic E-state index is 12.0. The van der Waals surface area contributed by atoms with Crippen molar-refractivity contribution in [2.45, 2.75) is 55.4 Å². The first-order chi connectivity index (χ1) is 13.5. The Morgan fingerprint density at radius 3 is 1.60 bits per heavy atom. The molecule has 2 aromatic rings. The summed E-state index contributed by atoms with van der Waals surface area (Å²) in [6, 6.07) is 13.7. The fourth-order valence-electron chi connectivity index (χ4n) is 1.86. The van der Waals surface area contributed by atoms with Crippen molar-refractivity contribution in [1.82, 2.24) is 0 Å². The van der Waals surface area contributed by atoms with Gasteiger partial charge in [0.25, 0.3) is 0 Å². The number of allylic oxidation sites excluding steroid dienone is 1. The molecule has 0 amide bonds. The number of rotatable bonds is 4. The predicted molar refractivity (Wildman–Crippen MR) is 122 cm³/mol. The molecule has 0 saturated carbocycles. The Morgan fingerprint density at radius 1 is 0.800 bits per heavy atom. The van der Waals surface area contributed by atoms with Crippen molar-refractivity contribution in [3.8, 4) is 5.75 Å². The van der Waals surface area contributed by atoms with E-state index in [4.69, 9.17) is 9.84 Å². The Kier molecular flexibility index (Phi) is 26.2. The average molecular weight is 485 g/mol. The van der Waals surface area contributed by atoms with E-state index in [1.54, 1.807) is 43.3 Å². The third-order valence-corrected chi connectivity index (χ3v) is 3.08. The number of carboxylic acid groups (broad SMARTS) is 1. The molecule has 2 aromatic carbocycles. The molecule has 4 radical (unpaired) electrons. The van der Waals surface area contributed by atoms with Crippen molar-refractivity contribution >= 4 is 25.9 Å². The second-order valence-corrected chi connectivity index (χ2v) is 4.84. The molecule has 0 spiro atoms. The summed E-state index contributed by atoms with van der Waals surface area (Å²) in [5.74, 6) is -1.15. The number of carboxylic acids is 1. The summed E-state index contributed by atoms with van der Waals surface area (Å²) in [6.45, 7) is 15.6. The molecular weight excluding hydrogens is 452 g/mol. The topological polar surface area (TPSA) is 63.6 Å². The number of carbonyl (C=O) groups is 2. The van der Waals surface area contributed by atoms with Crippen LogP contribution in [0.25, 0.3) is 5.57 Å². The second kappa shape index (κ2) is 22.0. The molecule has 0 aliphatic carbocycles. The van der Waals surface area contributed by atoms with Crippen LogP contribution < -0.4 is 4.74 Å². The van der Waals surface area contributed by atoms with Gasteiger partial charge in [-0.25, -0.2) is 10.4 Å². The van der Waals surface area contributed by atoms with E-state index in [0.717, 1.165) is 5.56 Å². The fraction of sp³-hybridized carbons (Fsp3) is 0.333. The number of ether oxygens (including phenoxy) is 1. The molecule has 0 saturated heterocycles. The van der Waals surface area contributed by atoms with Crippen LogP contribution in [0.5, 0.6) is 5.75 Å². The Labute approximate surface area is 209 Å². The molecule has 0 aromatic heterocycles. The molecule has 160 valence electrons. The smallest absolute Gasteiger partial charge is 0.343 e. The van der Waals surface area contributed by atoms with E-state index < -0.39 is 11.9 Å². The summed E-state index contributed by atoms with van der Waals surface area (Å²) in [4.78, 5) is 22.5. The average Bonchev–Trinajstić information content (AvgIpc) is 2.73. The molecule has 4 nitrogen and oxygen atoms in total. The first-order valence-electron chi connectivity index (χ1n) is 9.68. The van der Waals surface area contributed by atoms with Gasteiger partial charge in [0.05, 0.1) is 5.56 Å². The van der Waals surface area contributed by atoms with E-state index in [1.807, 2.05) is 60.6 Å². The molecule has 0 unspecified atom stereocenters. The van der Waals surface area contributed by atoms with E-state index in [0.29, 0.717) is 22.4 Å². The van der Waals surface area contributed by atoms with E-state index >= 15 is 0 Å². The summed E-state index contributed by atoms with van der Waals surface area (Å²) in [5, 5.41) is 8.66. The van der Waals surface area contributed by atoms with Crippen LogP contribution in [0.15, 0.2) is 48.5 Å². The van der Waals surface area contributed by atoms with E-state index in [1.165, 1.54) is 0 Å². The van der Waals surface area contributed by atoms with E-state index in [-0.39, 0.29) is 41.1 Å². The molecule has 30 heavy (non-hydrogen) atoms. The van der Waals surface area contributed by atoms with Crippen LogP contribution in [-0.4, -0.2) is 25.5 Å². The molecule has 0 aliphatic heterocycles. The summed E-state index contributed by atoms with van der Waals surface area (Å²) >= 11 is 0. The number of hydrogen-bond acceptors (Lipinski definition) is 3. The summed E-state index contributed by atoms with van der Waals surface area (Å²) in [6.07, 6.45) is 2.28. The minimum absolute atomic E-state index is 0. The zero-order valence-electron chi connectivity index (χ0n) is 19.4. The molecule has 0 fully saturated rings. The minimum atomic E-state index is -1.12. The van der Waals surface area contributed by atoms with Crippen molar-refractivity contribution in [3.63, 3.8) is 0 Å². The van der Waals surface area contributed by atoms with Crippen molar-refractivity contribution < 1.29 is 52.1 Å². The van der Waals surface area contributed by atoms with Gasteiger partial charge in [0.15, 0.2) is 0 Å². The summed E-state index contributed by atoms with van der Waals surface area (Å²) in [5.41, 5.74) is 2.75. The van der Waals surface area contributed by atoms with Crippen molar-refractivity contribution in [3.05, 3.63) is 71.3 Å². The zero-order chi connectivity index (χ0) is 22.1. The van der Waals surface area contributed by atoms with Gasteiger partial charge in [-0.2, -0.15) is 11.6 Å². The molecule has 0 atom stereocenters. The number of hydrogen-bond donors (Lipinski definition) is 1. The number of benzene rings is 2. The van der Waals surface area contributed by atoms with Gasteiger partial charge in [0, 0.05) is 41.1 Å². The van der Waals surface area contributed by atoms with Crippen LogP contribution >= 0.6 is 0 Å². The molecule has 6 heteroatoms. The van der Waals surface area contributed by atoms with Gasteiger partial charge < -0.3 is 9.84 Å². The van der Waals surface area contributed by atoms with Crippen LogP contribution in [-0.2, 0) is 37.5 Å². The molecular formula is C24H33BO4Y-. The van der Waals surface area contributed by atoms with Gasteiger partial charge in [-0.1, -0.05) is 66.2 Å². The van der Waals surface area contributed by atoms with Crippen molar-refractivity contribution in [2.75, 3.05) is 0 Å². The SMILES string of the molecule is CC.CC.CC.CC(=[C-]C(=O)O)c1ccc(OC(=O)c2ccc(C)cc2)cc1.[B].[Y]. The van der Waals surface area contributed by atoms with Crippen LogP contribution in [0.2, 0.25) is 0 Å². The van der Waals surface area contributed by atoms with Gasteiger partial charge in [0.2, 0.25) is 5.97 Å². The van der Waals surface area contributed by atoms with Crippen LogP contribution in [0.4, 0.5) is 0 Å². The predicted octanol–water partition coefficient (Wildman–Crippen LogP) is 6.20. The first-order valence-corrected chi connectivity index (χ1v) is 9.68. The maximum Gasteiger partial charge on any atom is 0.343 e. The molecule has 0 heterocycles. The number of aliphatic carboxylic acids is 1. The Morgan fingerprint density at radius 2 is 1.20 bits per heavy atom. The third-order valence-electron chi connectivity index (χ3n) is 3.08. The Hall–Kier alpha value is -1.71. The van der Waals surface area contributed by atoms with Gasteiger partial charge in [-0.05, 0) is 31.2 Å². The standard InChI is InChI=1S/C18H15O4.3C2H6.B.Y/c1-12-3-5-15(6-4-12)18(21)22-16-9-7-14(8-10-16)13(2)11-17(19)20;3*1-2;;/h3-10H,1-2H3,(H,19,20);3*1-2H3;;/q-1;;;;;. The van der Waals surface area contributed by atoms with Gasteiger partial charge in [-0.15, -0.1) is 12.1 Å². The number of carbonyl (C=O) groups excluding carboxylic acids is 1. The monoisotopic (exact) mass is 485 g/mol. The van der Waals surface area contributed by atoms with Gasteiger partial charge >= 0.3 is 5.97 Å². The summed E-state index contributed by atoms with van der Waals surface area (Å²) < 4.78 is 5.27. The molecule has 0 bridgehead atoms. The number of aryl methyl sites for hydroxylation is 1. The zero-order valence-corrected chi connectivity index (χ0v) is 22.3. The third kappa shape index (κ3) is 14.3. The molecule has 0 aliphatic rings. The van der Waals surface area contributed by atoms with Crippen LogP contribution in [0.3, 0.4) is 0 Å². The normalized spacial score (nSPS) is 8.73. The minimum Gasteiger partial charge on any atom is -0.492 e. The van der Waals surface area contributed by atoms with Crippen molar-refractivity contribution in [1.29, 1.82) is 0 Å². The fourth-order valence-corrected chi connectivity index (χ4v) is 1.86. The largest absolute Gasteiger partial charge is 0.492 e. The first kappa shape index (κ1) is 35.7. The Bertz CT molecular complexity index is 724. The second-order valence-electron chi connectivity index (χ2n) is 4.84. The van der Waals surface area contributed by atoms with Crippen molar-refractivity contribution in [2.24, 2.45) is 0 Å². The van der Waals surface area contributed by atoms with Gasteiger partial charge in [-0.3, -0.25) is 4.79 Å². The molecule has 2 rings (SSSR count). The van der Waals surface area contributed by atoms with E-state index in [2.05, 4.69) is 6.08 Å². The molecule has 1 N–H and O–H groups in total. The van der Waals surface area contributed by atoms with E-state index in [9.17, 15) is 9.59 Å². The quantitative estimate of drug-likeness (QED) is 0.184.